The molecule has 0 bridgehead atoms. The minimum absolute atomic E-state index is 0.0702. The van der Waals surface area contributed by atoms with Crippen LogP contribution in [0.1, 0.15) is 38.3 Å². The molecule has 0 aromatic heterocycles. The fourth-order valence-electron chi connectivity index (χ4n) is 2.36. The third-order valence-corrected chi connectivity index (χ3v) is 4.64. The van der Waals surface area contributed by atoms with E-state index in [9.17, 15) is 9.18 Å². The minimum atomic E-state index is -0.140. The Bertz CT molecular complexity index is 493. The molecule has 1 aromatic carbocycles. The number of halogens is 1. The molecule has 1 unspecified atom stereocenters. The Kier molecular flexibility index (Phi) is 6.06. The summed E-state index contributed by atoms with van der Waals surface area (Å²) in [6.07, 6.45) is 1.43. The lowest BCUT2D eigenvalue weighted by atomic mass is 10.0. The number of benzene rings is 1. The van der Waals surface area contributed by atoms with Gasteiger partial charge in [0.1, 0.15) is 5.82 Å². The average molecular weight is 310 g/mol. The number of hydrogen-bond donors (Lipinski definition) is 2. The summed E-state index contributed by atoms with van der Waals surface area (Å²) >= 11 is 1.58. The predicted octanol–water partition coefficient (Wildman–Crippen LogP) is 3.11. The van der Waals surface area contributed by atoms with Crippen LogP contribution in [0.15, 0.2) is 23.1 Å². The molecule has 1 aliphatic heterocycles. The third kappa shape index (κ3) is 4.71. The lowest BCUT2D eigenvalue weighted by molar-refractivity contribution is -0.121. The highest BCUT2D eigenvalue weighted by Gasteiger charge is 2.22. The molecule has 2 N–H and O–H groups in total. The Morgan fingerprint density at radius 3 is 3.05 bits per heavy atom. The van der Waals surface area contributed by atoms with Crippen molar-refractivity contribution < 1.29 is 9.18 Å². The van der Waals surface area contributed by atoms with E-state index in [1.165, 1.54) is 6.07 Å². The maximum Gasteiger partial charge on any atom is 0.221 e. The Morgan fingerprint density at radius 1 is 1.48 bits per heavy atom. The molecule has 0 saturated heterocycles. The van der Waals surface area contributed by atoms with Crippen molar-refractivity contribution in [3.05, 3.63) is 29.6 Å². The van der Waals surface area contributed by atoms with E-state index >= 15 is 0 Å². The van der Waals surface area contributed by atoms with Crippen LogP contribution in [0, 0.1) is 11.7 Å². The van der Waals surface area contributed by atoms with Crippen LogP contribution >= 0.6 is 11.8 Å². The molecule has 1 atom stereocenters. The second kappa shape index (κ2) is 7.80. The normalized spacial score (nSPS) is 17.6. The van der Waals surface area contributed by atoms with E-state index in [-0.39, 0.29) is 17.8 Å². The number of thioether (sulfide) groups is 1. The van der Waals surface area contributed by atoms with Crippen LogP contribution in [0.2, 0.25) is 0 Å². The van der Waals surface area contributed by atoms with Crippen LogP contribution in [-0.2, 0) is 4.79 Å². The van der Waals surface area contributed by atoms with Crippen LogP contribution in [0.5, 0.6) is 0 Å². The van der Waals surface area contributed by atoms with Gasteiger partial charge in [0.05, 0.1) is 0 Å². The molecule has 0 aliphatic carbocycles. The predicted molar refractivity (Wildman–Crippen MR) is 84.9 cm³/mol. The van der Waals surface area contributed by atoms with E-state index in [1.807, 2.05) is 6.07 Å². The Labute approximate surface area is 130 Å². The average Bonchev–Trinajstić information content (AvgIpc) is 2.46. The quantitative estimate of drug-likeness (QED) is 0.848. The van der Waals surface area contributed by atoms with Crippen LogP contribution in [0.4, 0.5) is 4.39 Å². The molecule has 21 heavy (non-hydrogen) atoms. The standard InChI is InChI=1S/C16H23FN2OS/c1-11(2)10-19-15(20)6-8-18-14-7-9-21-16-12(14)4-3-5-13(16)17/h3-5,11,14,18H,6-10H2,1-2H3,(H,19,20). The van der Waals surface area contributed by atoms with Gasteiger partial charge in [0.2, 0.25) is 5.91 Å². The molecular formula is C16H23FN2OS. The largest absolute Gasteiger partial charge is 0.356 e. The van der Waals surface area contributed by atoms with Gasteiger partial charge in [-0.25, -0.2) is 4.39 Å². The Balaban J connectivity index is 1.83. The number of rotatable bonds is 6. The van der Waals surface area contributed by atoms with Gasteiger partial charge in [0, 0.05) is 30.4 Å². The summed E-state index contributed by atoms with van der Waals surface area (Å²) in [4.78, 5) is 12.4. The van der Waals surface area contributed by atoms with E-state index in [4.69, 9.17) is 0 Å². The fraction of sp³-hybridized carbons (Fsp3) is 0.562. The highest BCUT2D eigenvalue weighted by atomic mass is 32.2. The van der Waals surface area contributed by atoms with Gasteiger partial charge in [-0.05, 0) is 29.7 Å². The first-order chi connectivity index (χ1) is 10.1. The molecule has 116 valence electrons. The molecule has 3 nitrogen and oxygen atoms in total. The molecule has 2 rings (SSSR count). The first kappa shape index (κ1) is 16.3. The second-order valence-electron chi connectivity index (χ2n) is 5.75. The highest BCUT2D eigenvalue weighted by molar-refractivity contribution is 7.99. The molecular weight excluding hydrogens is 287 g/mol. The van der Waals surface area contributed by atoms with Crippen LogP contribution in [-0.4, -0.2) is 24.7 Å². The fourth-order valence-corrected chi connectivity index (χ4v) is 3.51. The number of nitrogens with one attached hydrogen (secondary N) is 2. The summed E-state index contributed by atoms with van der Waals surface area (Å²) in [7, 11) is 0. The topological polar surface area (TPSA) is 41.1 Å². The van der Waals surface area contributed by atoms with Gasteiger partial charge < -0.3 is 10.6 Å². The lowest BCUT2D eigenvalue weighted by Crippen LogP contribution is -2.32. The molecule has 1 amide bonds. The molecule has 0 radical (unpaired) electrons. The molecule has 1 heterocycles. The van der Waals surface area contributed by atoms with Crippen molar-refractivity contribution in [2.75, 3.05) is 18.8 Å². The molecule has 0 spiro atoms. The monoisotopic (exact) mass is 310 g/mol. The number of carbonyl (C=O) groups excluding carboxylic acids is 1. The van der Waals surface area contributed by atoms with Crippen molar-refractivity contribution in [3.8, 4) is 0 Å². The summed E-state index contributed by atoms with van der Waals surface area (Å²) in [6, 6.07) is 5.38. The summed E-state index contributed by atoms with van der Waals surface area (Å²) in [5, 5.41) is 6.29. The van der Waals surface area contributed by atoms with Gasteiger partial charge >= 0.3 is 0 Å². The van der Waals surface area contributed by atoms with Crippen molar-refractivity contribution in [3.63, 3.8) is 0 Å². The minimum Gasteiger partial charge on any atom is -0.356 e. The van der Waals surface area contributed by atoms with Crippen molar-refractivity contribution in [2.45, 2.75) is 37.6 Å². The van der Waals surface area contributed by atoms with E-state index in [0.29, 0.717) is 25.4 Å². The van der Waals surface area contributed by atoms with Crippen molar-refractivity contribution in [1.82, 2.24) is 10.6 Å². The number of hydrogen-bond acceptors (Lipinski definition) is 3. The highest BCUT2D eigenvalue weighted by Crippen LogP contribution is 2.37. The SMILES string of the molecule is CC(C)CNC(=O)CCNC1CCSc2c(F)cccc21. The smallest absolute Gasteiger partial charge is 0.221 e. The summed E-state index contributed by atoms with van der Waals surface area (Å²) in [6.45, 7) is 5.48. The zero-order chi connectivity index (χ0) is 15.2. The van der Waals surface area contributed by atoms with Crippen LogP contribution < -0.4 is 10.6 Å². The number of fused-ring (bicyclic) bond motifs is 1. The van der Waals surface area contributed by atoms with Gasteiger partial charge in [0.25, 0.3) is 0 Å². The van der Waals surface area contributed by atoms with Gasteiger partial charge in [-0.1, -0.05) is 26.0 Å². The van der Waals surface area contributed by atoms with Gasteiger partial charge in [-0.2, -0.15) is 0 Å². The molecule has 1 aromatic rings. The summed E-state index contributed by atoms with van der Waals surface area (Å²) in [5.41, 5.74) is 1.02. The van der Waals surface area contributed by atoms with Crippen LogP contribution in [0.3, 0.4) is 0 Å². The van der Waals surface area contributed by atoms with E-state index < -0.39 is 0 Å². The van der Waals surface area contributed by atoms with Crippen LogP contribution in [0.25, 0.3) is 0 Å². The van der Waals surface area contributed by atoms with E-state index in [0.717, 1.165) is 22.6 Å². The van der Waals surface area contributed by atoms with Gasteiger partial charge in [-0.3, -0.25) is 4.79 Å². The summed E-state index contributed by atoms with van der Waals surface area (Å²) in [5.74, 6) is 1.30. The second-order valence-corrected chi connectivity index (χ2v) is 6.86. The Hall–Kier alpha value is -1.07. The molecule has 5 heteroatoms. The van der Waals surface area contributed by atoms with Crippen molar-refractivity contribution >= 4 is 17.7 Å². The Morgan fingerprint density at radius 2 is 2.29 bits per heavy atom. The van der Waals surface area contributed by atoms with Gasteiger partial charge in [0.15, 0.2) is 0 Å². The third-order valence-electron chi connectivity index (χ3n) is 3.48. The maximum absolute atomic E-state index is 13.8. The first-order valence-corrected chi connectivity index (χ1v) is 8.47. The van der Waals surface area contributed by atoms with Crippen molar-refractivity contribution in [1.29, 1.82) is 0 Å². The van der Waals surface area contributed by atoms with E-state index in [1.54, 1.807) is 17.8 Å². The lowest BCUT2D eigenvalue weighted by Gasteiger charge is -2.26. The summed E-state index contributed by atoms with van der Waals surface area (Å²) < 4.78 is 13.8. The number of carbonyl (C=O) groups is 1. The van der Waals surface area contributed by atoms with Crippen molar-refractivity contribution in [2.24, 2.45) is 5.92 Å². The van der Waals surface area contributed by atoms with Gasteiger partial charge in [-0.15, -0.1) is 11.8 Å². The molecule has 0 fully saturated rings. The zero-order valence-corrected chi connectivity index (χ0v) is 13.4. The molecule has 0 saturated carbocycles. The van der Waals surface area contributed by atoms with E-state index in [2.05, 4.69) is 24.5 Å². The number of amides is 1. The maximum atomic E-state index is 13.8. The molecule has 1 aliphatic rings. The zero-order valence-electron chi connectivity index (χ0n) is 12.6. The first-order valence-electron chi connectivity index (χ1n) is 7.49.